The van der Waals surface area contributed by atoms with E-state index in [1.165, 1.54) is 12.1 Å². The molecule has 0 spiro atoms. The summed E-state index contributed by atoms with van der Waals surface area (Å²) < 4.78 is 6.34. The van der Waals surface area contributed by atoms with E-state index < -0.39 is 4.92 Å². The van der Waals surface area contributed by atoms with Gasteiger partial charge in [0.1, 0.15) is 5.75 Å². The van der Waals surface area contributed by atoms with Crippen molar-refractivity contribution >= 4 is 27.3 Å². The van der Waals surface area contributed by atoms with Crippen LogP contribution in [0.25, 0.3) is 0 Å². The zero-order chi connectivity index (χ0) is 15.2. The molecule has 6 heteroatoms. The lowest BCUT2D eigenvalue weighted by atomic mass is 10.2. The van der Waals surface area contributed by atoms with Crippen molar-refractivity contribution in [1.82, 2.24) is 0 Å². The van der Waals surface area contributed by atoms with Crippen molar-refractivity contribution in [3.63, 3.8) is 0 Å². The first kappa shape index (κ1) is 15.3. The van der Waals surface area contributed by atoms with Gasteiger partial charge in [0.05, 0.1) is 17.2 Å². The van der Waals surface area contributed by atoms with Gasteiger partial charge in [0.25, 0.3) is 5.69 Å². The second-order valence-electron chi connectivity index (χ2n) is 4.32. The number of nitro benzene ring substituents is 1. The van der Waals surface area contributed by atoms with E-state index in [2.05, 4.69) is 21.2 Å². The minimum absolute atomic E-state index is 0.0544. The third-order valence-corrected chi connectivity index (χ3v) is 3.59. The Labute approximate surface area is 131 Å². The molecule has 0 saturated heterocycles. The summed E-state index contributed by atoms with van der Waals surface area (Å²) in [6.07, 6.45) is 0. The average Bonchev–Trinajstić information content (AvgIpc) is 2.48. The number of non-ortho nitro benzene ring substituents is 1. The quantitative estimate of drug-likeness (QED) is 0.620. The standard InChI is InChI=1S/C15H15BrN2O3/c1-2-21-15-6-4-3-5-11(15)10-17-14-9-12(18(19)20)7-8-13(14)16/h3-9,17H,2,10H2,1H3. The van der Waals surface area contributed by atoms with E-state index in [0.29, 0.717) is 18.8 Å². The highest BCUT2D eigenvalue weighted by Crippen LogP contribution is 2.28. The lowest BCUT2D eigenvalue weighted by Crippen LogP contribution is -2.04. The molecule has 2 rings (SSSR count). The molecule has 0 aliphatic carbocycles. The van der Waals surface area contributed by atoms with Crippen LogP contribution in [-0.4, -0.2) is 11.5 Å². The molecular formula is C15H15BrN2O3. The van der Waals surface area contributed by atoms with Crippen LogP contribution < -0.4 is 10.1 Å². The van der Waals surface area contributed by atoms with Crippen molar-refractivity contribution in [2.45, 2.75) is 13.5 Å². The minimum atomic E-state index is -0.411. The van der Waals surface area contributed by atoms with Crippen LogP contribution >= 0.6 is 15.9 Å². The zero-order valence-corrected chi connectivity index (χ0v) is 13.1. The van der Waals surface area contributed by atoms with Crippen LogP contribution in [0.4, 0.5) is 11.4 Å². The average molecular weight is 351 g/mol. The van der Waals surface area contributed by atoms with E-state index >= 15 is 0 Å². The SMILES string of the molecule is CCOc1ccccc1CNc1cc([N+](=O)[O-])ccc1Br. The van der Waals surface area contributed by atoms with Crippen LogP contribution in [-0.2, 0) is 6.54 Å². The Balaban J connectivity index is 2.16. The van der Waals surface area contributed by atoms with Gasteiger partial charge in [-0.25, -0.2) is 0 Å². The Hall–Kier alpha value is -2.08. The van der Waals surface area contributed by atoms with Gasteiger partial charge in [0, 0.05) is 28.7 Å². The molecule has 0 heterocycles. The molecular weight excluding hydrogens is 336 g/mol. The van der Waals surface area contributed by atoms with Crippen molar-refractivity contribution in [3.05, 3.63) is 62.6 Å². The molecule has 0 atom stereocenters. The smallest absolute Gasteiger partial charge is 0.271 e. The van der Waals surface area contributed by atoms with Crippen LogP contribution in [0.2, 0.25) is 0 Å². The highest BCUT2D eigenvalue weighted by Gasteiger charge is 2.10. The van der Waals surface area contributed by atoms with Gasteiger partial charge in [0.2, 0.25) is 0 Å². The van der Waals surface area contributed by atoms with Gasteiger partial charge in [0.15, 0.2) is 0 Å². The number of benzene rings is 2. The Morgan fingerprint density at radius 3 is 2.76 bits per heavy atom. The molecule has 5 nitrogen and oxygen atoms in total. The van der Waals surface area contributed by atoms with Gasteiger partial charge in [-0.05, 0) is 35.0 Å². The van der Waals surface area contributed by atoms with Crippen LogP contribution in [0.15, 0.2) is 46.9 Å². The maximum atomic E-state index is 10.8. The number of rotatable bonds is 6. The predicted molar refractivity (Wildman–Crippen MR) is 85.7 cm³/mol. The summed E-state index contributed by atoms with van der Waals surface area (Å²) in [4.78, 5) is 10.4. The normalized spacial score (nSPS) is 10.2. The van der Waals surface area contributed by atoms with Gasteiger partial charge >= 0.3 is 0 Å². The van der Waals surface area contributed by atoms with E-state index in [1.807, 2.05) is 31.2 Å². The van der Waals surface area contributed by atoms with E-state index in [0.717, 1.165) is 15.8 Å². The Morgan fingerprint density at radius 1 is 1.29 bits per heavy atom. The number of halogens is 1. The van der Waals surface area contributed by atoms with Gasteiger partial charge in [-0.2, -0.15) is 0 Å². The monoisotopic (exact) mass is 350 g/mol. The van der Waals surface area contributed by atoms with E-state index in [9.17, 15) is 10.1 Å². The molecule has 0 amide bonds. The van der Waals surface area contributed by atoms with Gasteiger partial charge < -0.3 is 10.1 Å². The molecule has 0 radical (unpaired) electrons. The topological polar surface area (TPSA) is 64.4 Å². The van der Waals surface area contributed by atoms with E-state index in [4.69, 9.17) is 4.74 Å². The molecule has 0 aromatic heterocycles. The fraction of sp³-hybridized carbons (Fsp3) is 0.200. The lowest BCUT2D eigenvalue weighted by molar-refractivity contribution is -0.384. The fourth-order valence-corrected chi connectivity index (χ4v) is 2.29. The third kappa shape index (κ3) is 3.95. The summed E-state index contributed by atoms with van der Waals surface area (Å²) in [6, 6.07) is 12.3. The molecule has 0 saturated carbocycles. The molecule has 1 N–H and O–H groups in total. The molecule has 0 unspecified atom stereocenters. The van der Waals surface area contributed by atoms with Crippen molar-refractivity contribution < 1.29 is 9.66 Å². The van der Waals surface area contributed by atoms with Gasteiger partial charge in [-0.1, -0.05) is 18.2 Å². The van der Waals surface area contributed by atoms with Crippen molar-refractivity contribution in [3.8, 4) is 5.75 Å². The summed E-state index contributed by atoms with van der Waals surface area (Å²) in [5, 5.41) is 14.0. The van der Waals surface area contributed by atoms with Crippen LogP contribution in [0.3, 0.4) is 0 Å². The number of para-hydroxylation sites is 1. The number of hydrogen-bond acceptors (Lipinski definition) is 4. The number of anilines is 1. The van der Waals surface area contributed by atoms with E-state index in [-0.39, 0.29) is 5.69 Å². The lowest BCUT2D eigenvalue weighted by Gasteiger charge is -2.12. The van der Waals surface area contributed by atoms with E-state index in [1.54, 1.807) is 6.07 Å². The Kier molecular flexibility index (Phi) is 5.16. The van der Waals surface area contributed by atoms with Crippen molar-refractivity contribution in [2.75, 3.05) is 11.9 Å². The molecule has 21 heavy (non-hydrogen) atoms. The third-order valence-electron chi connectivity index (χ3n) is 2.90. The summed E-state index contributed by atoms with van der Waals surface area (Å²) in [6.45, 7) is 3.05. The molecule has 0 bridgehead atoms. The van der Waals surface area contributed by atoms with Crippen molar-refractivity contribution in [1.29, 1.82) is 0 Å². The number of ether oxygens (including phenoxy) is 1. The Bertz CT molecular complexity index is 647. The second kappa shape index (κ2) is 7.08. The summed E-state index contributed by atoms with van der Waals surface area (Å²) in [7, 11) is 0. The number of hydrogen-bond donors (Lipinski definition) is 1. The number of nitrogens with one attached hydrogen (secondary N) is 1. The molecule has 0 aliphatic rings. The van der Waals surface area contributed by atoms with Gasteiger partial charge in [-0.15, -0.1) is 0 Å². The highest BCUT2D eigenvalue weighted by molar-refractivity contribution is 9.10. The largest absolute Gasteiger partial charge is 0.494 e. The number of nitro groups is 1. The predicted octanol–water partition coefficient (Wildman–Crippen LogP) is 4.37. The molecule has 2 aromatic carbocycles. The molecule has 0 fully saturated rings. The Morgan fingerprint density at radius 2 is 2.05 bits per heavy atom. The van der Waals surface area contributed by atoms with Crippen LogP contribution in [0.1, 0.15) is 12.5 Å². The van der Waals surface area contributed by atoms with Crippen molar-refractivity contribution in [2.24, 2.45) is 0 Å². The number of nitrogens with zero attached hydrogens (tertiary/aromatic N) is 1. The van der Waals surface area contributed by atoms with Crippen LogP contribution in [0, 0.1) is 10.1 Å². The van der Waals surface area contributed by atoms with Gasteiger partial charge in [-0.3, -0.25) is 10.1 Å². The summed E-state index contributed by atoms with van der Waals surface area (Å²) >= 11 is 3.39. The molecule has 2 aromatic rings. The minimum Gasteiger partial charge on any atom is -0.494 e. The fourth-order valence-electron chi connectivity index (χ4n) is 1.90. The second-order valence-corrected chi connectivity index (χ2v) is 5.17. The maximum absolute atomic E-state index is 10.8. The first-order chi connectivity index (χ1) is 10.1. The molecule has 0 aliphatic heterocycles. The highest BCUT2D eigenvalue weighted by atomic mass is 79.9. The zero-order valence-electron chi connectivity index (χ0n) is 11.5. The summed E-state index contributed by atoms with van der Waals surface area (Å²) in [5.74, 6) is 0.814. The first-order valence-electron chi connectivity index (χ1n) is 6.50. The summed E-state index contributed by atoms with van der Waals surface area (Å²) in [5.41, 5.74) is 1.73. The molecule has 110 valence electrons. The first-order valence-corrected chi connectivity index (χ1v) is 7.29. The maximum Gasteiger partial charge on any atom is 0.271 e. The van der Waals surface area contributed by atoms with Crippen LogP contribution in [0.5, 0.6) is 5.75 Å².